The third-order valence-corrected chi connectivity index (χ3v) is 7.78. The molecular weight excluding hydrogens is 594 g/mol. The molecule has 1 fully saturated rings. The monoisotopic (exact) mass is 621 g/mol. The number of hydrogen-bond donors (Lipinski definition) is 3. The van der Waals surface area contributed by atoms with Crippen LogP contribution in [0.1, 0.15) is 43.6 Å². The predicted molar refractivity (Wildman–Crippen MR) is 131 cm³/mol. The van der Waals surface area contributed by atoms with E-state index in [1.165, 1.54) is 20.8 Å². The maximum absolute atomic E-state index is 14.0. The van der Waals surface area contributed by atoms with Gasteiger partial charge in [0.05, 0.1) is 24.5 Å². The quantitative estimate of drug-likeness (QED) is 0.401. The minimum Gasteiger partial charge on any atom is -0.496 e. The van der Waals surface area contributed by atoms with Crippen LogP contribution in [0.5, 0.6) is 5.75 Å². The van der Waals surface area contributed by atoms with Crippen LogP contribution in [0, 0.1) is 0 Å². The number of amides is 2. The molecule has 0 aromatic heterocycles. The number of carbonyl (C=O) groups excluding carboxylic acids is 2. The fourth-order valence-corrected chi connectivity index (χ4v) is 5.67. The molecule has 3 rings (SSSR count). The Morgan fingerprint density at radius 1 is 1.15 bits per heavy atom. The molecule has 2 aliphatic heterocycles. The Kier molecular flexibility index (Phi) is 8.71. The molecule has 1 saturated heterocycles. The number of halogens is 8. The summed E-state index contributed by atoms with van der Waals surface area (Å²) in [5.74, 6) is -5.65. The fourth-order valence-electron chi connectivity index (χ4n) is 4.45. The maximum atomic E-state index is 14.0. The van der Waals surface area contributed by atoms with Crippen molar-refractivity contribution in [2.45, 2.75) is 74.0 Å². The van der Waals surface area contributed by atoms with Crippen molar-refractivity contribution in [3.8, 4) is 5.75 Å². The molecule has 3 atom stereocenters. The van der Waals surface area contributed by atoms with Crippen LogP contribution in [0.25, 0.3) is 0 Å². The number of nitrogens with zero attached hydrogens (tertiary/aromatic N) is 2. The Morgan fingerprint density at radius 2 is 1.73 bits per heavy atom. The first kappa shape index (κ1) is 32.8. The van der Waals surface area contributed by atoms with Gasteiger partial charge in [0.1, 0.15) is 11.8 Å². The van der Waals surface area contributed by atoms with E-state index in [9.17, 15) is 54.9 Å². The van der Waals surface area contributed by atoms with Gasteiger partial charge in [-0.2, -0.15) is 26.3 Å². The van der Waals surface area contributed by atoms with Gasteiger partial charge in [-0.15, -0.1) is 0 Å². The van der Waals surface area contributed by atoms with Gasteiger partial charge >= 0.3 is 12.4 Å². The molecule has 1 aromatic carbocycles. The molecule has 0 aliphatic carbocycles. The summed E-state index contributed by atoms with van der Waals surface area (Å²) in [5, 5.41) is 20.4. The van der Waals surface area contributed by atoms with E-state index in [1.807, 2.05) is 0 Å². The number of benzene rings is 1. The van der Waals surface area contributed by atoms with E-state index < -0.39 is 82.9 Å². The van der Waals surface area contributed by atoms with Crippen molar-refractivity contribution in [3.05, 3.63) is 29.3 Å². The third kappa shape index (κ3) is 6.56. The first-order valence-electron chi connectivity index (χ1n) is 12.0. The average molecular weight is 622 g/mol. The average Bonchev–Trinajstić information content (AvgIpc) is 3.39. The number of nitrogens with one attached hydrogen (secondary N) is 1. The molecule has 1 aromatic rings. The summed E-state index contributed by atoms with van der Waals surface area (Å²) in [5.41, 5.74) is -8.42. The van der Waals surface area contributed by atoms with Crippen LogP contribution in [0.4, 0.5) is 35.1 Å². The number of ether oxygens (including phenoxy) is 1. The van der Waals surface area contributed by atoms with E-state index in [-0.39, 0.29) is 17.2 Å². The van der Waals surface area contributed by atoms with E-state index in [0.717, 1.165) is 18.1 Å². The molecule has 0 spiro atoms. The van der Waals surface area contributed by atoms with Crippen LogP contribution >= 0.6 is 11.8 Å². The second-order valence-electron chi connectivity index (χ2n) is 10.5. The number of thioether (sulfide) groups is 1. The molecule has 2 amide bonds. The summed E-state index contributed by atoms with van der Waals surface area (Å²) >= 11 is 0.607. The minimum atomic E-state index is -6.18. The molecule has 41 heavy (non-hydrogen) atoms. The van der Waals surface area contributed by atoms with Gasteiger partial charge in [0, 0.05) is 30.1 Å². The molecule has 17 heteroatoms. The highest BCUT2D eigenvalue weighted by Crippen LogP contribution is 2.52. The first-order valence-corrected chi connectivity index (χ1v) is 12.9. The number of aliphatic imine (C=N–C) groups is 1. The molecule has 2 aliphatic rings. The largest absolute Gasteiger partial charge is 0.496 e. The third-order valence-electron chi connectivity index (χ3n) is 6.50. The van der Waals surface area contributed by atoms with E-state index in [4.69, 9.17) is 4.74 Å². The van der Waals surface area contributed by atoms with Gasteiger partial charge in [0.15, 0.2) is 5.04 Å². The van der Waals surface area contributed by atoms with E-state index in [2.05, 4.69) is 10.3 Å². The Hall–Kier alpha value is -2.66. The highest BCUT2D eigenvalue weighted by molar-refractivity contribution is 8.16. The second-order valence-corrected chi connectivity index (χ2v) is 11.6. The zero-order valence-corrected chi connectivity index (χ0v) is 22.8. The maximum Gasteiger partial charge on any atom is 0.430 e. The summed E-state index contributed by atoms with van der Waals surface area (Å²) in [6.45, 7) is 2.92. The SMILES string of the molecule is COc1cc(C(O)(C(F)(F)F)C(F)(F)F)ccc1C1SC(C(=O)NCC(C)(C)O)=N[C@@H]1C(=O)N1CC(F)(F)C[C@@H]1C. The molecule has 8 nitrogen and oxygen atoms in total. The Bertz CT molecular complexity index is 1200. The summed E-state index contributed by atoms with van der Waals surface area (Å²) in [6, 6.07) is -1.13. The summed E-state index contributed by atoms with van der Waals surface area (Å²) < 4.78 is 114. The van der Waals surface area contributed by atoms with Crippen molar-refractivity contribution in [1.29, 1.82) is 0 Å². The number of likely N-dealkylation sites (tertiary alicyclic amines) is 1. The minimum absolute atomic E-state index is 0.182. The standard InChI is InChI=1S/C24H27F8N3O5S/c1-11-8-21(25,26)10-35(11)19(37)15-16(41-18(34-15)17(36)33-9-20(2,3)38)13-6-5-12(7-14(13)40-4)22(39,23(27,28)29)24(30,31)32/h5-7,11,15-16,38-39H,8-10H2,1-4H3,(H,33,36)/t11-,15-,16?/m0/s1. The lowest BCUT2D eigenvalue weighted by atomic mass is 9.90. The van der Waals surface area contributed by atoms with Crippen molar-refractivity contribution < 1.29 is 59.7 Å². The first-order chi connectivity index (χ1) is 18.5. The van der Waals surface area contributed by atoms with Gasteiger partial charge in [0.2, 0.25) is 5.91 Å². The molecule has 3 N–H and O–H groups in total. The lowest BCUT2D eigenvalue weighted by molar-refractivity contribution is -0.376. The zero-order chi connectivity index (χ0) is 31.3. The van der Waals surface area contributed by atoms with E-state index in [1.54, 1.807) is 0 Å². The van der Waals surface area contributed by atoms with Crippen LogP contribution in [0.3, 0.4) is 0 Å². The molecule has 1 unspecified atom stereocenters. The number of carbonyl (C=O) groups is 2. The van der Waals surface area contributed by atoms with Gasteiger partial charge in [-0.1, -0.05) is 23.9 Å². The molecule has 0 bridgehead atoms. The van der Waals surface area contributed by atoms with Gasteiger partial charge in [0.25, 0.3) is 17.4 Å². The predicted octanol–water partition coefficient (Wildman–Crippen LogP) is 3.71. The number of methoxy groups -OCH3 is 1. The van der Waals surface area contributed by atoms with Crippen molar-refractivity contribution in [1.82, 2.24) is 10.2 Å². The summed E-state index contributed by atoms with van der Waals surface area (Å²) in [4.78, 5) is 31.1. The van der Waals surface area contributed by atoms with Crippen molar-refractivity contribution >= 4 is 28.6 Å². The summed E-state index contributed by atoms with van der Waals surface area (Å²) in [6.07, 6.45) is -13.0. The molecule has 0 saturated carbocycles. The topological polar surface area (TPSA) is 111 Å². The van der Waals surface area contributed by atoms with Crippen LogP contribution < -0.4 is 10.1 Å². The number of alkyl halides is 8. The fraction of sp³-hybridized carbons (Fsp3) is 0.625. The van der Waals surface area contributed by atoms with Crippen molar-refractivity contribution in [2.75, 3.05) is 20.2 Å². The highest BCUT2D eigenvalue weighted by atomic mass is 32.2. The van der Waals surface area contributed by atoms with Gasteiger partial charge in [-0.25, -0.2) is 8.78 Å². The van der Waals surface area contributed by atoms with Crippen LogP contribution in [0.15, 0.2) is 23.2 Å². The summed E-state index contributed by atoms with van der Waals surface area (Å²) in [7, 11) is 0.917. The van der Waals surface area contributed by atoms with Crippen molar-refractivity contribution in [3.63, 3.8) is 0 Å². The van der Waals surface area contributed by atoms with Crippen LogP contribution in [-0.2, 0) is 15.2 Å². The second kappa shape index (κ2) is 10.9. The Morgan fingerprint density at radius 3 is 2.20 bits per heavy atom. The van der Waals surface area contributed by atoms with E-state index >= 15 is 0 Å². The molecule has 2 heterocycles. The van der Waals surface area contributed by atoms with Gasteiger partial charge in [-0.3, -0.25) is 14.6 Å². The normalized spacial score (nSPS) is 23.4. The molecule has 0 radical (unpaired) electrons. The van der Waals surface area contributed by atoms with Crippen LogP contribution in [-0.4, -0.2) is 88.1 Å². The number of aliphatic hydroxyl groups is 2. The molecular formula is C24H27F8N3O5S. The van der Waals surface area contributed by atoms with Crippen molar-refractivity contribution in [2.24, 2.45) is 4.99 Å². The van der Waals surface area contributed by atoms with E-state index in [0.29, 0.717) is 23.9 Å². The van der Waals surface area contributed by atoms with Gasteiger partial charge in [-0.05, 0) is 26.8 Å². The zero-order valence-electron chi connectivity index (χ0n) is 22.0. The Balaban J connectivity index is 2.07. The number of hydrogen-bond acceptors (Lipinski definition) is 7. The lowest BCUT2D eigenvalue weighted by Crippen LogP contribution is -2.53. The number of rotatable bonds is 7. The highest BCUT2D eigenvalue weighted by Gasteiger charge is 2.71. The smallest absolute Gasteiger partial charge is 0.430 e. The Labute approximate surface area is 233 Å². The van der Waals surface area contributed by atoms with Crippen LogP contribution in [0.2, 0.25) is 0 Å². The lowest BCUT2D eigenvalue weighted by Gasteiger charge is -2.33. The van der Waals surface area contributed by atoms with Gasteiger partial charge < -0.3 is 25.2 Å². The molecule has 230 valence electrons.